The number of aromatic nitrogens is 2. The zero-order valence-electron chi connectivity index (χ0n) is 12.4. The molecule has 1 aromatic heterocycles. The fourth-order valence-corrected chi connectivity index (χ4v) is 2.45. The summed E-state index contributed by atoms with van der Waals surface area (Å²) in [6.07, 6.45) is 2.30. The van der Waals surface area contributed by atoms with Crippen LogP contribution >= 0.6 is 11.6 Å². The highest BCUT2D eigenvalue weighted by molar-refractivity contribution is 6.32. The van der Waals surface area contributed by atoms with Crippen molar-refractivity contribution in [3.63, 3.8) is 0 Å². The molecule has 3 rings (SSSR count). The fourth-order valence-electron chi connectivity index (χ4n) is 2.17. The third-order valence-corrected chi connectivity index (χ3v) is 3.89. The lowest BCUT2D eigenvalue weighted by molar-refractivity contribution is 0.455. The third kappa shape index (κ3) is 2.95. The average molecular weight is 304 g/mol. The highest BCUT2D eigenvalue weighted by atomic mass is 35.5. The standard InChI is InChI=1S/C16H18ClN3O/c1-9-4-7-13(12(17)8-9)21-16-10(2)14(18-3)19-15(20-16)11-5-6-11/h4,7-8,11H,5-6H2,1-3H3,(H,18,19,20). The van der Waals surface area contributed by atoms with Gasteiger partial charge in [-0.1, -0.05) is 17.7 Å². The number of anilines is 1. The van der Waals surface area contributed by atoms with E-state index in [0.717, 1.165) is 35.6 Å². The molecule has 0 spiro atoms. The predicted molar refractivity (Wildman–Crippen MR) is 84.6 cm³/mol. The van der Waals surface area contributed by atoms with Gasteiger partial charge in [0, 0.05) is 13.0 Å². The molecular formula is C16H18ClN3O. The lowest BCUT2D eigenvalue weighted by Crippen LogP contribution is -2.04. The Kier molecular flexibility index (Phi) is 3.72. The van der Waals surface area contributed by atoms with Gasteiger partial charge in [-0.25, -0.2) is 4.98 Å². The molecule has 21 heavy (non-hydrogen) atoms. The summed E-state index contributed by atoms with van der Waals surface area (Å²) in [6, 6.07) is 5.72. The van der Waals surface area contributed by atoms with Crippen molar-refractivity contribution < 1.29 is 4.74 Å². The van der Waals surface area contributed by atoms with E-state index in [4.69, 9.17) is 16.3 Å². The van der Waals surface area contributed by atoms with Crippen LogP contribution in [0.2, 0.25) is 5.02 Å². The van der Waals surface area contributed by atoms with Crippen molar-refractivity contribution in [2.75, 3.05) is 12.4 Å². The van der Waals surface area contributed by atoms with Gasteiger partial charge in [-0.15, -0.1) is 0 Å². The second-order valence-corrected chi connectivity index (χ2v) is 5.83. The van der Waals surface area contributed by atoms with E-state index in [9.17, 15) is 0 Å². The van der Waals surface area contributed by atoms with E-state index in [1.807, 2.05) is 39.1 Å². The van der Waals surface area contributed by atoms with Gasteiger partial charge in [-0.05, 0) is 44.4 Å². The molecule has 1 fully saturated rings. The molecular weight excluding hydrogens is 286 g/mol. The number of nitrogens with zero attached hydrogens (tertiary/aromatic N) is 2. The summed E-state index contributed by atoms with van der Waals surface area (Å²) in [5, 5.41) is 3.69. The number of nitrogens with one attached hydrogen (secondary N) is 1. The first kappa shape index (κ1) is 14.1. The first-order valence-corrected chi connectivity index (χ1v) is 7.46. The molecule has 1 aromatic carbocycles. The summed E-state index contributed by atoms with van der Waals surface area (Å²) in [7, 11) is 1.86. The molecule has 1 saturated carbocycles. The first-order chi connectivity index (χ1) is 10.1. The van der Waals surface area contributed by atoms with Crippen LogP contribution in [0.25, 0.3) is 0 Å². The minimum absolute atomic E-state index is 0.466. The van der Waals surface area contributed by atoms with E-state index in [0.29, 0.717) is 22.6 Å². The predicted octanol–water partition coefficient (Wildman–Crippen LogP) is 4.46. The number of aryl methyl sites for hydroxylation is 1. The SMILES string of the molecule is CNc1nc(C2CC2)nc(Oc2ccc(C)cc2Cl)c1C. The van der Waals surface area contributed by atoms with Gasteiger partial charge in [0.25, 0.3) is 0 Å². The number of halogens is 1. The van der Waals surface area contributed by atoms with Crippen molar-refractivity contribution in [3.05, 3.63) is 40.2 Å². The van der Waals surface area contributed by atoms with Crippen molar-refractivity contribution in [1.29, 1.82) is 0 Å². The van der Waals surface area contributed by atoms with Crippen LogP contribution in [0.15, 0.2) is 18.2 Å². The Morgan fingerprint density at radius 2 is 2.00 bits per heavy atom. The largest absolute Gasteiger partial charge is 0.437 e. The van der Waals surface area contributed by atoms with Crippen LogP contribution in [-0.2, 0) is 0 Å². The summed E-state index contributed by atoms with van der Waals surface area (Å²) >= 11 is 6.24. The van der Waals surface area contributed by atoms with Gasteiger partial charge in [0.1, 0.15) is 17.4 Å². The lowest BCUT2D eigenvalue weighted by atomic mass is 10.2. The topological polar surface area (TPSA) is 47.0 Å². The highest BCUT2D eigenvalue weighted by Gasteiger charge is 2.28. The Morgan fingerprint density at radius 3 is 2.62 bits per heavy atom. The molecule has 4 nitrogen and oxygen atoms in total. The van der Waals surface area contributed by atoms with Crippen LogP contribution in [0.4, 0.5) is 5.82 Å². The van der Waals surface area contributed by atoms with Crippen molar-refractivity contribution in [2.45, 2.75) is 32.6 Å². The minimum atomic E-state index is 0.466. The molecule has 0 atom stereocenters. The van der Waals surface area contributed by atoms with Crippen LogP contribution in [0.5, 0.6) is 11.6 Å². The van der Waals surface area contributed by atoms with Gasteiger partial charge in [0.15, 0.2) is 0 Å². The molecule has 0 saturated heterocycles. The third-order valence-electron chi connectivity index (χ3n) is 3.59. The van der Waals surface area contributed by atoms with E-state index >= 15 is 0 Å². The van der Waals surface area contributed by atoms with Gasteiger partial charge < -0.3 is 10.1 Å². The van der Waals surface area contributed by atoms with Crippen molar-refractivity contribution in [3.8, 4) is 11.6 Å². The van der Waals surface area contributed by atoms with Crippen LogP contribution in [0, 0.1) is 13.8 Å². The summed E-state index contributed by atoms with van der Waals surface area (Å²) in [4.78, 5) is 9.13. The van der Waals surface area contributed by atoms with Crippen LogP contribution in [0.1, 0.15) is 35.7 Å². The van der Waals surface area contributed by atoms with Gasteiger partial charge in [-0.3, -0.25) is 0 Å². The Balaban J connectivity index is 1.98. The second-order valence-electron chi connectivity index (χ2n) is 5.42. The minimum Gasteiger partial charge on any atom is -0.437 e. The molecule has 0 aliphatic heterocycles. The van der Waals surface area contributed by atoms with Gasteiger partial charge >= 0.3 is 0 Å². The normalized spacial score (nSPS) is 14.1. The number of benzene rings is 1. The molecule has 1 N–H and O–H groups in total. The van der Waals surface area contributed by atoms with E-state index < -0.39 is 0 Å². The monoisotopic (exact) mass is 303 g/mol. The molecule has 1 aliphatic rings. The molecule has 0 radical (unpaired) electrons. The lowest BCUT2D eigenvalue weighted by Gasteiger charge is -2.13. The smallest absolute Gasteiger partial charge is 0.227 e. The Labute approximate surface area is 129 Å². The van der Waals surface area contributed by atoms with Gasteiger partial charge in [0.2, 0.25) is 5.88 Å². The Bertz CT molecular complexity index is 683. The van der Waals surface area contributed by atoms with Gasteiger partial charge in [-0.2, -0.15) is 4.98 Å². The summed E-state index contributed by atoms with van der Waals surface area (Å²) in [6.45, 7) is 3.94. The number of hydrogen-bond donors (Lipinski definition) is 1. The van der Waals surface area contributed by atoms with Crippen molar-refractivity contribution >= 4 is 17.4 Å². The molecule has 0 bridgehead atoms. The van der Waals surface area contributed by atoms with Gasteiger partial charge in [0.05, 0.1) is 10.6 Å². The second kappa shape index (κ2) is 5.53. The zero-order chi connectivity index (χ0) is 15.0. The number of ether oxygens (including phenoxy) is 1. The molecule has 1 heterocycles. The van der Waals surface area contributed by atoms with Crippen molar-refractivity contribution in [2.24, 2.45) is 0 Å². The van der Waals surface area contributed by atoms with Crippen molar-refractivity contribution in [1.82, 2.24) is 9.97 Å². The molecule has 1 aliphatic carbocycles. The zero-order valence-corrected chi connectivity index (χ0v) is 13.2. The van der Waals surface area contributed by atoms with E-state index in [1.165, 1.54) is 0 Å². The maximum Gasteiger partial charge on any atom is 0.227 e. The van der Waals surface area contributed by atoms with Crippen LogP contribution in [-0.4, -0.2) is 17.0 Å². The Hall–Kier alpha value is -1.81. The number of rotatable bonds is 4. The van der Waals surface area contributed by atoms with E-state index in [1.54, 1.807) is 0 Å². The maximum absolute atomic E-state index is 6.24. The first-order valence-electron chi connectivity index (χ1n) is 7.08. The number of hydrogen-bond acceptors (Lipinski definition) is 4. The Morgan fingerprint density at radius 1 is 1.24 bits per heavy atom. The molecule has 110 valence electrons. The maximum atomic E-state index is 6.24. The van der Waals surface area contributed by atoms with Crippen LogP contribution in [0.3, 0.4) is 0 Å². The quantitative estimate of drug-likeness (QED) is 0.906. The van der Waals surface area contributed by atoms with Crippen LogP contribution < -0.4 is 10.1 Å². The molecule has 0 amide bonds. The summed E-state index contributed by atoms with van der Waals surface area (Å²) < 4.78 is 5.93. The van der Waals surface area contributed by atoms with E-state index in [2.05, 4.69) is 15.3 Å². The average Bonchev–Trinajstić information content (AvgIpc) is 3.28. The molecule has 2 aromatic rings. The fraction of sp³-hybridized carbons (Fsp3) is 0.375. The van der Waals surface area contributed by atoms with E-state index in [-0.39, 0.29) is 0 Å². The molecule has 0 unspecified atom stereocenters. The summed E-state index contributed by atoms with van der Waals surface area (Å²) in [5.74, 6) is 3.32. The highest BCUT2D eigenvalue weighted by Crippen LogP contribution is 2.41. The molecule has 5 heteroatoms. The summed E-state index contributed by atoms with van der Waals surface area (Å²) in [5.41, 5.74) is 1.99.